The maximum atomic E-state index is 11.8. The number of hydrogen-bond donors (Lipinski definition) is 2. The van der Waals surface area contributed by atoms with Crippen molar-refractivity contribution in [2.24, 2.45) is 0 Å². The fourth-order valence-corrected chi connectivity index (χ4v) is 1.42. The van der Waals surface area contributed by atoms with E-state index in [1.807, 2.05) is 0 Å². The second-order valence-electron chi connectivity index (χ2n) is 3.69. The highest BCUT2D eigenvalue weighted by Gasteiger charge is 2.11. The van der Waals surface area contributed by atoms with E-state index in [1.54, 1.807) is 0 Å². The molecule has 0 atom stereocenters. The highest BCUT2D eigenvalue weighted by atomic mass is 16.5. The van der Waals surface area contributed by atoms with Gasteiger partial charge in [0.05, 0.1) is 25.1 Å². The molecule has 0 saturated carbocycles. The Labute approximate surface area is 112 Å². The van der Waals surface area contributed by atoms with Gasteiger partial charge in [0.2, 0.25) is 0 Å². The minimum atomic E-state index is -0.593. The lowest BCUT2D eigenvalue weighted by Crippen LogP contribution is -2.19. The van der Waals surface area contributed by atoms with Gasteiger partial charge >= 0.3 is 5.97 Å². The minimum Gasteiger partial charge on any atom is -0.465 e. The molecule has 2 N–H and O–H groups in total. The summed E-state index contributed by atoms with van der Waals surface area (Å²) in [6.45, 7) is 0. The Morgan fingerprint density at radius 1 is 1.35 bits per heavy atom. The Kier molecular flexibility index (Phi) is 3.85. The quantitative estimate of drug-likeness (QED) is 0.773. The summed E-state index contributed by atoms with van der Waals surface area (Å²) in [5.74, 6) is -0.981. The highest BCUT2D eigenvalue weighted by molar-refractivity contribution is 6.02. The Hall–Kier alpha value is -3.03. The van der Waals surface area contributed by atoms with E-state index in [0.29, 0.717) is 0 Å². The van der Waals surface area contributed by atoms with Crippen LogP contribution in [0.2, 0.25) is 0 Å². The molecule has 0 aliphatic carbocycles. The monoisotopic (exact) mass is 274 g/mol. The van der Waals surface area contributed by atoms with Crippen molar-refractivity contribution in [3.8, 4) is 0 Å². The Bertz CT molecular complexity index is 710. The van der Waals surface area contributed by atoms with Gasteiger partial charge in [0.25, 0.3) is 11.5 Å². The molecule has 0 radical (unpaired) electrons. The molecule has 0 aliphatic heterocycles. The molecule has 8 nitrogen and oxygen atoms in total. The third-order valence-electron chi connectivity index (χ3n) is 2.32. The number of amides is 1. The smallest absolute Gasteiger partial charge is 0.338 e. The number of aromatic amines is 1. The maximum Gasteiger partial charge on any atom is 0.338 e. The van der Waals surface area contributed by atoms with Gasteiger partial charge in [0, 0.05) is 6.20 Å². The molecule has 2 heterocycles. The molecular formula is C12H10N4O4. The summed E-state index contributed by atoms with van der Waals surface area (Å²) in [6, 6.07) is 2.81. The number of hydrogen-bond acceptors (Lipinski definition) is 6. The number of anilines is 1. The number of esters is 1. The molecule has 0 saturated heterocycles. The van der Waals surface area contributed by atoms with E-state index >= 15 is 0 Å². The second-order valence-corrected chi connectivity index (χ2v) is 3.69. The van der Waals surface area contributed by atoms with Crippen molar-refractivity contribution < 1.29 is 14.3 Å². The second kappa shape index (κ2) is 5.74. The van der Waals surface area contributed by atoms with Crippen LogP contribution in [0.25, 0.3) is 0 Å². The molecule has 0 unspecified atom stereocenters. The first-order chi connectivity index (χ1) is 9.60. The van der Waals surface area contributed by atoms with E-state index in [1.165, 1.54) is 31.6 Å². The molecule has 0 aliphatic rings. The number of methoxy groups -OCH3 is 1. The maximum absolute atomic E-state index is 11.8. The summed E-state index contributed by atoms with van der Waals surface area (Å²) >= 11 is 0. The summed E-state index contributed by atoms with van der Waals surface area (Å²) in [4.78, 5) is 44.1. The van der Waals surface area contributed by atoms with Gasteiger partial charge in [-0.25, -0.2) is 9.78 Å². The molecule has 20 heavy (non-hydrogen) atoms. The molecular weight excluding hydrogens is 264 g/mol. The van der Waals surface area contributed by atoms with Crippen LogP contribution in [0.5, 0.6) is 0 Å². The number of carbonyl (C=O) groups excluding carboxylic acids is 2. The lowest BCUT2D eigenvalue weighted by Gasteiger charge is -2.05. The lowest BCUT2D eigenvalue weighted by molar-refractivity contribution is 0.0600. The van der Waals surface area contributed by atoms with Crippen molar-refractivity contribution in [3.05, 3.63) is 52.3 Å². The van der Waals surface area contributed by atoms with Crippen LogP contribution in [0.4, 0.5) is 5.82 Å². The van der Waals surface area contributed by atoms with Gasteiger partial charge < -0.3 is 15.0 Å². The Morgan fingerprint density at radius 3 is 2.85 bits per heavy atom. The van der Waals surface area contributed by atoms with Gasteiger partial charge in [-0.15, -0.1) is 0 Å². The van der Waals surface area contributed by atoms with Crippen molar-refractivity contribution in [3.63, 3.8) is 0 Å². The van der Waals surface area contributed by atoms with E-state index < -0.39 is 17.4 Å². The van der Waals surface area contributed by atoms with Crippen LogP contribution in [0, 0.1) is 0 Å². The zero-order valence-electron chi connectivity index (χ0n) is 10.4. The van der Waals surface area contributed by atoms with E-state index in [2.05, 4.69) is 25.0 Å². The molecule has 0 aromatic carbocycles. The van der Waals surface area contributed by atoms with Crippen LogP contribution < -0.4 is 10.9 Å². The Balaban J connectivity index is 2.20. The van der Waals surface area contributed by atoms with Gasteiger partial charge in [-0.05, 0) is 12.1 Å². The van der Waals surface area contributed by atoms with Gasteiger partial charge in [-0.2, -0.15) is 0 Å². The summed E-state index contributed by atoms with van der Waals surface area (Å²) < 4.78 is 4.56. The third-order valence-corrected chi connectivity index (χ3v) is 2.32. The lowest BCUT2D eigenvalue weighted by atomic mass is 10.2. The molecule has 102 valence electrons. The first-order valence-electron chi connectivity index (χ1n) is 5.50. The average molecular weight is 274 g/mol. The SMILES string of the molecule is COC(=O)c1ccnc(NC(=O)c2cncc(=O)[nH]2)c1. The topological polar surface area (TPSA) is 114 Å². The predicted molar refractivity (Wildman–Crippen MR) is 68.4 cm³/mol. The number of ether oxygens (including phenoxy) is 1. The van der Waals surface area contributed by atoms with Crippen molar-refractivity contribution in [2.75, 3.05) is 12.4 Å². The molecule has 2 aromatic heterocycles. The fourth-order valence-electron chi connectivity index (χ4n) is 1.42. The summed E-state index contributed by atoms with van der Waals surface area (Å²) in [5.41, 5.74) is -0.255. The van der Waals surface area contributed by atoms with Gasteiger partial charge in [-0.1, -0.05) is 0 Å². The Morgan fingerprint density at radius 2 is 2.15 bits per heavy atom. The van der Waals surface area contributed by atoms with Crippen LogP contribution in [0.15, 0.2) is 35.5 Å². The number of aromatic nitrogens is 3. The van der Waals surface area contributed by atoms with Gasteiger partial charge in [0.15, 0.2) is 0 Å². The first-order valence-corrected chi connectivity index (χ1v) is 5.50. The number of H-pyrrole nitrogens is 1. The van der Waals surface area contributed by atoms with E-state index in [-0.39, 0.29) is 17.1 Å². The molecule has 2 rings (SSSR count). The number of nitrogens with zero attached hydrogens (tertiary/aromatic N) is 2. The van der Waals surface area contributed by atoms with E-state index in [9.17, 15) is 14.4 Å². The summed E-state index contributed by atoms with van der Waals surface area (Å²) in [6.07, 6.45) is 3.61. The van der Waals surface area contributed by atoms with E-state index in [0.717, 1.165) is 6.20 Å². The van der Waals surface area contributed by atoms with Crippen LogP contribution in [-0.4, -0.2) is 33.9 Å². The molecule has 0 bridgehead atoms. The van der Waals surface area contributed by atoms with Crippen molar-refractivity contribution >= 4 is 17.7 Å². The minimum absolute atomic E-state index is 0.0113. The molecule has 8 heteroatoms. The molecule has 0 spiro atoms. The average Bonchev–Trinajstić information content (AvgIpc) is 2.46. The first kappa shape index (κ1) is 13.4. The largest absolute Gasteiger partial charge is 0.465 e. The summed E-state index contributed by atoms with van der Waals surface area (Å²) in [7, 11) is 1.25. The zero-order valence-corrected chi connectivity index (χ0v) is 10.4. The molecule has 2 aromatic rings. The fraction of sp³-hybridized carbons (Fsp3) is 0.0833. The van der Waals surface area contributed by atoms with Crippen molar-refractivity contribution in [1.82, 2.24) is 15.0 Å². The number of rotatable bonds is 3. The number of nitrogens with one attached hydrogen (secondary N) is 2. The molecule has 0 fully saturated rings. The van der Waals surface area contributed by atoms with Crippen molar-refractivity contribution in [1.29, 1.82) is 0 Å². The highest BCUT2D eigenvalue weighted by Crippen LogP contribution is 2.08. The zero-order chi connectivity index (χ0) is 14.5. The van der Waals surface area contributed by atoms with Gasteiger partial charge in [0.1, 0.15) is 11.5 Å². The predicted octanol–water partition coefficient (Wildman–Crippen LogP) is 0.204. The van der Waals surface area contributed by atoms with Crippen LogP contribution >= 0.6 is 0 Å². The van der Waals surface area contributed by atoms with Crippen LogP contribution in [-0.2, 0) is 4.74 Å². The summed E-state index contributed by atoms with van der Waals surface area (Å²) in [5, 5.41) is 2.44. The molecule has 1 amide bonds. The normalized spacial score (nSPS) is 9.85. The third kappa shape index (κ3) is 3.05. The number of carbonyl (C=O) groups is 2. The standard InChI is InChI=1S/C12H10N4O4/c1-20-12(19)7-2-3-14-9(4-7)16-11(18)8-5-13-6-10(17)15-8/h2-6H,1H3,(H,15,17)(H,14,16,18). The van der Waals surface area contributed by atoms with Crippen molar-refractivity contribution in [2.45, 2.75) is 0 Å². The number of pyridine rings is 1. The van der Waals surface area contributed by atoms with E-state index in [4.69, 9.17) is 0 Å². The van der Waals surface area contributed by atoms with Crippen LogP contribution in [0.1, 0.15) is 20.8 Å². The van der Waals surface area contributed by atoms with Gasteiger partial charge in [-0.3, -0.25) is 14.6 Å². The van der Waals surface area contributed by atoms with Crippen LogP contribution in [0.3, 0.4) is 0 Å².